The SMILES string of the molecule is O=C1OC2(c3ccc(O)cc3Oc3cc(O)ccc32)c2cc(F)c(F)c(C(=O)O)c21. The Labute approximate surface area is 166 Å². The number of phenolic OH excluding ortho intramolecular Hbond substituents is 2. The van der Waals surface area contributed by atoms with E-state index in [-0.39, 0.29) is 39.7 Å². The van der Waals surface area contributed by atoms with E-state index in [4.69, 9.17) is 9.47 Å². The number of carboxylic acid groups (broad SMARTS) is 1. The normalized spacial score (nSPS) is 15.1. The molecule has 3 aromatic rings. The van der Waals surface area contributed by atoms with Gasteiger partial charge in [-0.3, -0.25) is 0 Å². The highest BCUT2D eigenvalue weighted by atomic mass is 19.2. The molecule has 9 heteroatoms. The summed E-state index contributed by atoms with van der Waals surface area (Å²) in [6.07, 6.45) is 0. The number of fused-ring (bicyclic) bond motifs is 6. The van der Waals surface area contributed by atoms with Gasteiger partial charge in [0.1, 0.15) is 28.6 Å². The Morgan fingerprint density at radius 3 is 2.00 bits per heavy atom. The number of rotatable bonds is 1. The van der Waals surface area contributed by atoms with E-state index in [1.54, 1.807) is 0 Å². The standard InChI is InChI=1S/C21H10F2O7/c22-13-7-12-16(17(18(13)23)19(26)27)20(28)30-21(12)10-3-1-8(24)5-14(10)29-15-6-9(25)2-4-11(15)21/h1-7,24-25H,(H,26,27). The maximum absolute atomic E-state index is 14.4. The lowest BCUT2D eigenvalue weighted by Crippen LogP contribution is -2.33. The van der Waals surface area contributed by atoms with Crippen molar-refractivity contribution in [3.63, 3.8) is 0 Å². The van der Waals surface area contributed by atoms with Gasteiger partial charge in [-0.25, -0.2) is 18.4 Å². The van der Waals surface area contributed by atoms with Crippen LogP contribution >= 0.6 is 0 Å². The Morgan fingerprint density at radius 1 is 0.900 bits per heavy atom. The van der Waals surface area contributed by atoms with Gasteiger partial charge >= 0.3 is 11.9 Å². The van der Waals surface area contributed by atoms with Crippen LogP contribution in [0.25, 0.3) is 0 Å². The molecule has 0 aromatic heterocycles. The summed E-state index contributed by atoms with van der Waals surface area (Å²) in [5.74, 6) is -6.48. The first-order chi connectivity index (χ1) is 14.2. The number of halogens is 2. The minimum atomic E-state index is -1.88. The summed E-state index contributed by atoms with van der Waals surface area (Å²) in [6, 6.07) is 8.43. The Bertz CT molecular complexity index is 1250. The first kappa shape index (κ1) is 17.9. The molecule has 2 aliphatic rings. The first-order valence-corrected chi connectivity index (χ1v) is 8.58. The molecule has 0 bridgehead atoms. The fourth-order valence-electron chi connectivity index (χ4n) is 4.00. The number of benzene rings is 3. The summed E-state index contributed by atoms with van der Waals surface area (Å²) in [7, 11) is 0. The number of aromatic hydroxyl groups is 2. The molecule has 0 saturated heterocycles. The van der Waals surface area contributed by atoms with E-state index in [1.807, 2.05) is 0 Å². The van der Waals surface area contributed by atoms with Crippen molar-refractivity contribution in [2.75, 3.05) is 0 Å². The van der Waals surface area contributed by atoms with Crippen LogP contribution in [0.2, 0.25) is 0 Å². The molecular formula is C21H10F2O7. The number of ether oxygens (including phenoxy) is 2. The quantitative estimate of drug-likeness (QED) is 0.523. The van der Waals surface area contributed by atoms with Gasteiger partial charge in [0.15, 0.2) is 17.2 Å². The van der Waals surface area contributed by atoms with E-state index >= 15 is 0 Å². The smallest absolute Gasteiger partial charge is 0.341 e. The van der Waals surface area contributed by atoms with Crippen molar-refractivity contribution in [1.29, 1.82) is 0 Å². The van der Waals surface area contributed by atoms with Crippen LogP contribution in [0, 0.1) is 11.6 Å². The lowest BCUT2D eigenvalue weighted by Gasteiger charge is -2.36. The third-order valence-corrected chi connectivity index (χ3v) is 5.17. The van der Waals surface area contributed by atoms with Crippen LogP contribution in [0.5, 0.6) is 23.0 Å². The fourth-order valence-corrected chi connectivity index (χ4v) is 4.00. The van der Waals surface area contributed by atoms with Gasteiger partial charge in [-0.15, -0.1) is 0 Å². The minimum Gasteiger partial charge on any atom is -0.508 e. The van der Waals surface area contributed by atoms with Crippen LogP contribution < -0.4 is 4.74 Å². The second-order valence-corrected chi connectivity index (χ2v) is 6.81. The van der Waals surface area contributed by atoms with E-state index in [9.17, 15) is 33.7 Å². The summed E-state index contributed by atoms with van der Waals surface area (Å²) in [5, 5.41) is 29.1. The second-order valence-electron chi connectivity index (χ2n) is 6.81. The zero-order valence-electron chi connectivity index (χ0n) is 14.8. The minimum absolute atomic E-state index is 0.0235. The largest absolute Gasteiger partial charge is 0.508 e. The van der Waals surface area contributed by atoms with Gasteiger partial charge in [-0.1, -0.05) is 0 Å². The average molecular weight is 412 g/mol. The Hall–Kier alpha value is -4.14. The zero-order valence-corrected chi connectivity index (χ0v) is 14.8. The zero-order chi connectivity index (χ0) is 21.4. The lowest BCUT2D eigenvalue weighted by atomic mass is 9.77. The van der Waals surface area contributed by atoms with Crippen molar-refractivity contribution in [2.45, 2.75) is 5.60 Å². The molecule has 5 rings (SSSR count). The van der Waals surface area contributed by atoms with Gasteiger partial charge in [-0.05, 0) is 30.3 Å². The maximum Gasteiger partial charge on any atom is 0.341 e. The number of phenols is 2. The highest BCUT2D eigenvalue weighted by Crippen LogP contribution is 2.57. The summed E-state index contributed by atoms with van der Waals surface area (Å²) in [4.78, 5) is 24.4. The summed E-state index contributed by atoms with van der Waals surface area (Å²) in [6.45, 7) is 0. The third kappa shape index (κ3) is 2.11. The molecule has 2 heterocycles. The molecule has 0 unspecified atom stereocenters. The molecule has 3 N–H and O–H groups in total. The molecular weight excluding hydrogens is 402 g/mol. The highest BCUT2D eigenvalue weighted by molar-refractivity contribution is 6.07. The van der Waals surface area contributed by atoms with Gasteiger partial charge in [0.25, 0.3) is 0 Å². The van der Waals surface area contributed by atoms with Crippen LogP contribution in [0.15, 0.2) is 42.5 Å². The lowest BCUT2D eigenvalue weighted by molar-refractivity contribution is 0.0221. The maximum atomic E-state index is 14.4. The molecule has 150 valence electrons. The Morgan fingerprint density at radius 2 is 1.47 bits per heavy atom. The molecule has 0 saturated carbocycles. The van der Waals surface area contributed by atoms with Crippen LogP contribution in [0.1, 0.15) is 37.4 Å². The van der Waals surface area contributed by atoms with Crippen molar-refractivity contribution in [1.82, 2.24) is 0 Å². The number of carboxylic acids is 1. The molecule has 0 atom stereocenters. The van der Waals surface area contributed by atoms with Crippen molar-refractivity contribution >= 4 is 11.9 Å². The van der Waals surface area contributed by atoms with Gasteiger partial charge < -0.3 is 24.8 Å². The van der Waals surface area contributed by atoms with Crippen LogP contribution in [-0.4, -0.2) is 27.3 Å². The summed E-state index contributed by atoms with van der Waals surface area (Å²) < 4.78 is 40.0. The molecule has 0 fully saturated rings. The predicted molar refractivity (Wildman–Crippen MR) is 94.9 cm³/mol. The average Bonchev–Trinajstić information content (AvgIpc) is 2.94. The number of esters is 1. The molecule has 7 nitrogen and oxygen atoms in total. The fraction of sp³-hybridized carbons (Fsp3) is 0.0476. The van der Waals surface area contributed by atoms with Crippen molar-refractivity contribution in [3.05, 3.63) is 81.9 Å². The molecule has 0 aliphatic carbocycles. The van der Waals surface area contributed by atoms with Crippen molar-refractivity contribution in [3.8, 4) is 23.0 Å². The van der Waals surface area contributed by atoms with E-state index < -0.39 is 40.3 Å². The van der Waals surface area contributed by atoms with Gasteiger partial charge in [0.2, 0.25) is 0 Å². The van der Waals surface area contributed by atoms with Gasteiger partial charge in [-0.2, -0.15) is 0 Å². The molecule has 30 heavy (non-hydrogen) atoms. The van der Waals surface area contributed by atoms with E-state index in [2.05, 4.69) is 0 Å². The summed E-state index contributed by atoms with van der Waals surface area (Å²) >= 11 is 0. The predicted octanol–water partition coefficient (Wildman–Crippen LogP) is 3.64. The molecule has 1 spiro atoms. The molecule has 0 amide bonds. The first-order valence-electron chi connectivity index (χ1n) is 8.58. The van der Waals surface area contributed by atoms with Gasteiger partial charge in [0.05, 0.1) is 5.56 Å². The van der Waals surface area contributed by atoms with Crippen LogP contribution in [0.4, 0.5) is 8.78 Å². The Kier molecular flexibility index (Phi) is 3.40. The van der Waals surface area contributed by atoms with E-state index in [0.717, 1.165) is 0 Å². The molecule has 0 radical (unpaired) electrons. The molecule has 3 aromatic carbocycles. The summed E-state index contributed by atoms with van der Waals surface area (Å²) in [5.41, 5.74) is -3.55. The van der Waals surface area contributed by atoms with Crippen molar-refractivity contribution in [2.24, 2.45) is 0 Å². The highest BCUT2D eigenvalue weighted by Gasteiger charge is 2.55. The van der Waals surface area contributed by atoms with E-state index in [1.165, 1.54) is 36.4 Å². The van der Waals surface area contributed by atoms with Gasteiger partial charge in [0, 0.05) is 28.8 Å². The second kappa shape index (κ2) is 5.69. The number of carbonyl (C=O) groups is 2. The molecule has 2 aliphatic heterocycles. The van der Waals surface area contributed by atoms with Crippen LogP contribution in [0.3, 0.4) is 0 Å². The number of aromatic carboxylic acids is 1. The topological polar surface area (TPSA) is 113 Å². The number of hydrogen-bond donors (Lipinski definition) is 3. The van der Waals surface area contributed by atoms with Crippen LogP contribution in [-0.2, 0) is 10.3 Å². The monoisotopic (exact) mass is 412 g/mol. The van der Waals surface area contributed by atoms with E-state index in [0.29, 0.717) is 6.07 Å². The number of carbonyl (C=O) groups excluding carboxylic acids is 1. The Balaban J connectivity index is 1.95. The third-order valence-electron chi connectivity index (χ3n) is 5.17. The number of hydrogen-bond acceptors (Lipinski definition) is 6. The van der Waals surface area contributed by atoms with Crippen molar-refractivity contribution < 1.29 is 43.2 Å².